The van der Waals surface area contributed by atoms with Gasteiger partial charge in [0.05, 0.1) is 4.92 Å². The Morgan fingerprint density at radius 3 is 2.13 bits per heavy atom. The van der Waals surface area contributed by atoms with Gasteiger partial charge < -0.3 is 5.73 Å². The van der Waals surface area contributed by atoms with E-state index in [1.807, 2.05) is 0 Å². The van der Waals surface area contributed by atoms with Crippen molar-refractivity contribution in [1.82, 2.24) is 0 Å². The molecule has 0 aromatic heterocycles. The molecule has 6 nitrogen and oxygen atoms in total. The standard InChI is InChI=1S/C6H6N2O2.C2N2Se/c7-5-3-1-2-4-6(5)8(9)10;3-1-5-2-4/h1-4H,7H2;. The smallest absolute Gasteiger partial charge is 0.292 e. The third kappa shape index (κ3) is 5.27. The molecule has 15 heavy (non-hydrogen) atoms. The van der Waals surface area contributed by atoms with E-state index in [2.05, 4.69) is 0 Å². The number of nitrogens with zero attached hydrogens (tertiary/aromatic N) is 3. The van der Waals surface area contributed by atoms with Gasteiger partial charge in [-0.05, 0) is 6.07 Å². The Morgan fingerprint density at radius 2 is 1.87 bits per heavy atom. The average molecular weight is 269 g/mol. The zero-order valence-electron chi connectivity index (χ0n) is 7.45. The van der Waals surface area contributed by atoms with Gasteiger partial charge in [0.1, 0.15) is 5.69 Å². The molecule has 0 aliphatic heterocycles. The normalized spacial score (nSPS) is 7.60. The molecule has 0 unspecified atom stereocenters. The zero-order valence-corrected chi connectivity index (χ0v) is 9.17. The van der Waals surface area contributed by atoms with E-state index < -0.39 is 19.9 Å². The van der Waals surface area contributed by atoms with Crippen LogP contribution in [0.2, 0.25) is 0 Å². The Hall–Kier alpha value is -2.08. The first-order valence-electron chi connectivity index (χ1n) is 3.56. The Kier molecular flexibility index (Phi) is 6.32. The van der Waals surface area contributed by atoms with E-state index >= 15 is 0 Å². The molecule has 1 aromatic rings. The molecule has 2 N–H and O–H groups in total. The van der Waals surface area contributed by atoms with Gasteiger partial charge in [-0.1, -0.05) is 12.1 Å². The Bertz CT molecular complexity index is 409. The first-order valence-corrected chi connectivity index (χ1v) is 5.27. The number of hydrogen-bond donors (Lipinski definition) is 1. The van der Waals surface area contributed by atoms with E-state index in [-0.39, 0.29) is 11.4 Å². The molecule has 0 atom stereocenters. The van der Waals surface area contributed by atoms with Gasteiger partial charge in [-0.3, -0.25) is 10.1 Å². The second-order valence-corrected chi connectivity index (χ2v) is 3.29. The minimum absolute atomic E-state index is 0.0394. The van der Waals surface area contributed by atoms with Crippen molar-refractivity contribution >= 4 is 26.3 Å². The van der Waals surface area contributed by atoms with Crippen LogP contribution in [0.5, 0.6) is 0 Å². The molecule has 0 aliphatic rings. The summed E-state index contributed by atoms with van der Waals surface area (Å²) in [5.74, 6) is 0. The Balaban J connectivity index is 0.000000336. The average Bonchev–Trinajstić information content (AvgIpc) is 2.20. The molecule has 0 bridgehead atoms. The molecule has 76 valence electrons. The van der Waals surface area contributed by atoms with Gasteiger partial charge in [0.15, 0.2) is 0 Å². The van der Waals surface area contributed by atoms with Crippen LogP contribution in [-0.2, 0) is 0 Å². The Labute approximate surface area is 92.2 Å². The van der Waals surface area contributed by atoms with Crippen molar-refractivity contribution in [2.75, 3.05) is 5.73 Å². The fraction of sp³-hybridized carbons (Fsp3) is 0. The van der Waals surface area contributed by atoms with Crippen LogP contribution < -0.4 is 5.73 Å². The van der Waals surface area contributed by atoms with Crippen molar-refractivity contribution in [2.45, 2.75) is 0 Å². The van der Waals surface area contributed by atoms with Gasteiger partial charge in [0, 0.05) is 6.07 Å². The predicted octanol–water partition coefficient (Wildman–Crippen LogP) is 0.830. The third-order valence-electron chi connectivity index (χ3n) is 1.22. The zero-order chi connectivity index (χ0) is 11.7. The minimum atomic E-state index is -0.505. The predicted molar refractivity (Wildman–Crippen MR) is 54.5 cm³/mol. The van der Waals surface area contributed by atoms with Gasteiger partial charge in [-0.2, -0.15) is 0 Å². The molecule has 1 aromatic carbocycles. The van der Waals surface area contributed by atoms with E-state index in [1.54, 1.807) is 22.1 Å². The molecule has 1 rings (SSSR count). The van der Waals surface area contributed by atoms with Crippen molar-refractivity contribution in [3.05, 3.63) is 34.4 Å². The van der Waals surface area contributed by atoms with Crippen LogP contribution in [0.3, 0.4) is 0 Å². The molecule has 7 heteroatoms. The van der Waals surface area contributed by atoms with Crippen molar-refractivity contribution in [1.29, 1.82) is 10.5 Å². The van der Waals surface area contributed by atoms with Gasteiger partial charge in [-0.15, -0.1) is 0 Å². The van der Waals surface area contributed by atoms with E-state index in [0.29, 0.717) is 0 Å². The fourth-order valence-electron chi connectivity index (χ4n) is 0.674. The topological polar surface area (TPSA) is 117 Å². The van der Waals surface area contributed by atoms with Gasteiger partial charge in [0.25, 0.3) is 5.69 Å². The fourth-order valence-corrected chi connectivity index (χ4v) is 0.760. The number of benzene rings is 1. The molecule has 0 fully saturated rings. The van der Waals surface area contributed by atoms with Gasteiger partial charge >= 0.3 is 35.4 Å². The molecule has 0 saturated heterocycles. The molecular weight excluding hydrogens is 263 g/mol. The maximum atomic E-state index is 10.1. The number of nitro groups is 1. The van der Waals surface area contributed by atoms with E-state index in [4.69, 9.17) is 16.3 Å². The quantitative estimate of drug-likeness (QED) is 0.350. The van der Waals surface area contributed by atoms with E-state index in [0.717, 1.165) is 0 Å². The van der Waals surface area contributed by atoms with Crippen LogP contribution in [-0.4, -0.2) is 19.9 Å². The Morgan fingerprint density at radius 1 is 1.33 bits per heavy atom. The number of para-hydroxylation sites is 2. The summed E-state index contributed by atoms with van der Waals surface area (Å²) in [5.41, 5.74) is 5.44. The number of rotatable bonds is 1. The summed E-state index contributed by atoms with van der Waals surface area (Å²) in [7, 11) is 0. The van der Waals surface area contributed by atoms with Crippen molar-refractivity contribution in [2.24, 2.45) is 0 Å². The van der Waals surface area contributed by atoms with Crippen molar-refractivity contribution in [3.63, 3.8) is 0 Å². The molecule has 0 aliphatic carbocycles. The summed E-state index contributed by atoms with van der Waals surface area (Å²) < 4.78 is 0. The summed E-state index contributed by atoms with van der Waals surface area (Å²) in [6.45, 7) is 0. The van der Waals surface area contributed by atoms with E-state index in [1.165, 1.54) is 12.1 Å². The molecule has 0 heterocycles. The number of nitriles is 2. The largest absolute Gasteiger partial charge is 0.393 e. The summed E-state index contributed by atoms with van der Waals surface area (Å²) in [6, 6.07) is 6.10. The number of nitrogens with two attached hydrogens (primary N) is 1. The van der Waals surface area contributed by atoms with Crippen molar-refractivity contribution < 1.29 is 4.92 Å². The molecule has 0 amide bonds. The van der Waals surface area contributed by atoms with Crippen LogP contribution in [0.1, 0.15) is 0 Å². The third-order valence-corrected chi connectivity index (χ3v) is 1.61. The monoisotopic (exact) mass is 270 g/mol. The number of nitro benzene ring substituents is 1. The molecule has 0 spiro atoms. The number of hydrogen-bond acceptors (Lipinski definition) is 5. The number of anilines is 1. The summed E-state index contributed by atoms with van der Waals surface area (Å²) in [6.07, 6.45) is 0. The van der Waals surface area contributed by atoms with Crippen molar-refractivity contribution in [3.8, 4) is 9.94 Å². The maximum absolute atomic E-state index is 10.1. The molecule has 0 radical (unpaired) electrons. The maximum Gasteiger partial charge on any atom is 0.292 e. The van der Waals surface area contributed by atoms with Crippen LogP contribution >= 0.6 is 0 Å². The van der Waals surface area contributed by atoms with Crippen LogP contribution in [0.4, 0.5) is 11.4 Å². The summed E-state index contributed by atoms with van der Waals surface area (Å²) in [5, 5.41) is 25.4. The van der Waals surface area contributed by atoms with Gasteiger partial charge in [0.2, 0.25) is 0 Å². The SMILES string of the molecule is N#C[Se]C#N.Nc1ccccc1[N+](=O)[O-]. The second kappa shape index (κ2) is 7.34. The van der Waals surface area contributed by atoms with Gasteiger partial charge in [-0.25, -0.2) is 0 Å². The van der Waals surface area contributed by atoms with E-state index in [9.17, 15) is 10.1 Å². The second-order valence-electron chi connectivity index (χ2n) is 2.10. The molecular formula is C8H6N4O2Se. The summed E-state index contributed by atoms with van der Waals surface area (Å²) in [4.78, 5) is 13.1. The van der Waals surface area contributed by atoms with Crippen LogP contribution in [0.15, 0.2) is 24.3 Å². The first-order chi connectivity index (χ1) is 7.13. The molecule has 0 saturated carbocycles. The number of nitrogen functional groups attached to an aromatic ring is 1. The van der Waals surface area contributed by atoms with Crippen LogP contribution in [0, 0.1) is 30.6 Å². The first kappa shape index (κ1) is 12.9. The summed E-state index contributed by atoms with van der Waals surface area (Å²) >= 11 is -0.431. The van der Waals surface area contributed by atoms with Crippen LogP contribution in [0.25, 0.3) is 0 Å². The minimum Gasteiger partial charge on any atom is -0.393 e.